The van der Waals surface area contributed by atoms with Crippen LogP contribution in [-0.2, 0) is 31.8 Å². The molecule has 16 heteroatoms. The van der Waals surface area contributed by atoms with E-state index in [9.17, 15) is 54.1 Å². The molecule has 0 spiro atoms. The van der Waals surface area contributed by atoms with E-state index in [1.165, 1.54) is 54.6 Å². The summed E-state index contributed by atoms with van der Waals surface area (Å²) < 4.78 is 55.6. The molecule has 284 valence electrons. The number of aliphatic hydroxyl groups is 3. The van der Waals surface area contributed by atoms with E-state index in [-0.39, 0.29) is 36.8 Å². The van der Waals surface area contributed by atoms with E-state index in [0.29, 0.717) is 11.1 Å². The van der Waals surface area contributed by atoms with Crippen LogP contribution >= 0.6 is 0 Å². The zero-order chi connectivity index (χ0) is 38.7. The Kier molecular flexibility index (Phi) is 11.3. The van der Waals surface area contributed by atoms with Crippen molar-refractivity contribution in [1.29, 1.82) is 0 Å². The first-order valence-corrected chi connectivity index (χ1v) is 16.5. The summed E-state index contributed by atoms with van der Waals surface area (Å²) in [6.45, 7) is 0. The van der Waals surface area contributed by atoms with Crippen LogP contribution in [0, 0.1) is 11.6 Å². The van der Waals surface area contributed by atoms with Crippen molar-refractivity contribution in [3.05, 3.63) is 112 Å². The van der Waals surface area contributed by atoms with Crippen LogP contribution in [-0.4, -0.2) is 78.9 Å². The molecule has 0 aliphatic carbocycles. The second-order valence-corrected chi connectivity index (χ2v) is 12.4. The molecule has 1 fully saturated rings. The first kappa shape index (κ1) is 38.0. The van der Waals surface area contributed by atoms with Crippen LogP contribution in [0.4, 0.5) is 8.78 Å². The SMILES string of the molecule is O=C(CCc1ccc(F)cc1)O[C@H]1[C@@H](O)[C@@H](O)O[C@@H](Oc2c(-c3ccc(O)c(O)c3)oc3cc(O)cc(O)c3c2=O)[C@@H]1OC(O)CCc1ccc(F)cc1. The second-order valence-electron chi connectivity index (χ2n) is 12.4. The van der Waals surface area contributed by atoms with Gasteiger partial charge in [0.1, 0.15) is 40.2 Å². The first-order chi connectivity index (χ1) is 25.8. The highest BCUT2D eigenvalue weighted by atomic mass is 19.1. The van der Waals surface area contributed by atoms with Crippen molar-refractivity contribution in [3.8, 4) is 40.1 Å². The quantitative estimate of drug-likeness (QED) is 0.0546. The summed E-state index contributed by atoms with van der Waals surface area (Å²) in [5.41, 5.74) is -0.265. The average molecular weight is 753 g/mol. The van der Waals surface area contributed by atoms with Gasteiger partial charge in [0.05, 0.1) is 0 Å². The monoisotopic (exact) mass is 752 g/mol. The Bertz CT molecular complexity index is 2170. The molecule has 0 saturated carbocycles. The van der Waals surface area contributed by atoms with Gasteiger partial charge in [-0.15, -0.1) is 0 Å². The predicted octanol–water partition coefficient (Wildman–Crippen LogP) is 3.86. The normalized spacial score (nSPS) is 20.4. The maximum Gasteiger partial charge on any atom is 0.306 e. The van der Waals surface area contributed by atoms with E-state index in [1.54, 1.807) is 0 Å². The molecule has 0 amide bonds. The fourth-order valence-electron chi connectivity index (χ4n) is 5.83. The van der Waals surface area contributed by atoms with Gasteiger partial charge in [0.2, 0.25) is 17.5 Å². The van der Waals surface area contributed by atoms with Gasteiger partial charge in [-0.1, -0.05) is 24.3 Å². The van der Waals surface area contributed by atoms with E-state index >= 15 is 0 Å². The van der Waals surface area contributed by atoms with Crippen LogP contribution in [0.1, 0.15) is 24.0 Å². The Hall–Kier alpha value is -5.78. The molecular weight excluding hydrogens is 718 g/mol. The second kappa shape index (κ2) is 16.1. The summed E-state index contributed by atoms with van der Waals surface area (Å²) >= 11 is 0. The van der Waals surface area contributed by atoms with Gasteiger partial charge in [-0.05, 0) is 66.4 Å². The van der Waals surface area contributed by atoms with E-state index in [0.717, 1.165) is 24.3 Å². The minimum Gasteiger partial charge on any atom is -0.508 e. The standard InChI is InChI=1S/C38H34F2O14/c39-21-8-1-18(2-9-21)5-13-28(45)51-35-32(48)37(49)54-38(36(35)52-29(46)14-6-19-3-10-22(40)11-4-19)53-34-31(47)30-26(44)16-23(41)17-27(30)50-33(34)20-7-12-24(42)25(43)15-20/h1-4,7-12,15-17,29,32,35-38,41-44,46,48-49H,5-6,13-14H2/t29?,32-,35+,36-,37+,38-/m1/s1. The van der Waals surface area contributed by atoms with E-state index in [4.69, 9.17) is 23.4 Å². The minimum absolute atomic E-state index is 0.0703. The van der Waals surface area contributed by atoms with Crippen LogP contribution in [0.2, 0.25) is 0 Å². The largest absolute Gasteiger partial charge is 0.508 e. The molecule has 6 atom stereocenters. The summed E-state index contributed by atoms with van der Waals surface area (Å²) in [7, 11) is 0. The van der Waals surface area contributed by atoms with Crippen molar-refractivity contribution in [2.45, 2.75) is 62.9 Å². The number of hydrogen-bond acceptors (Lipinski definition) is 14. The molecule has 5 aromatic rings. The molecule has 1 saturated heterocycles. The van der Waals surface area contributed by atoms with Gasteiger partial charge < -0.3 is 59.1 Å². The number of halogens is 2. The summed E-state index contributed by atoms with van der Waals surface area (Å²) in [6.07, 6.45) is -11.6. The van der Waals surface area contributed by atoms with Crippen molar-refractivity contribution >= 4 is 16.9 Å². The molecule has 1 unspecified atom stereocenters. The highest BCUT2D eigenvalue weighted by Gasteiger charge is 2.50. The topological polar surface area (TPSA) is 226 Å². The number of phenolic OH excluding ortho intramolecular Hbond substituents is 4. The van der Waals surface area contributed by atoms with Gasteiger partial charge in [0.25, 0.3) is 0 Å². The third kappa shape index (κ3) is 8.54. The maximum absolute atomic E-state index is 14.0. The lowest BCUT2D eigenvalue weighted by molar-refractivity contribution is -0.345. The smallest absolute Gasteiger partial charge is 0.306 e. The van der Waals surface area contributed by atoms with Crippen LogP contribution in [0.15, 0.2) is 88.1 Å². The number of phenols is 4. The molecule has 1 aliphatic rings. The number of benzene rings is 4. The summed E-state index contributed by atoms with van der Waals surface area (Å²) in [5.74, 6) is -5.42. The molecule has 1 aromatic heterocycles. The molecule has 2 heterocycles. The van der Waals surface area contributed by atoms with Crippen molar-refractivity contribution < 1.29 is 72.7 Å². The molecular formula is C38H34F2O14. The lowest BCUT2D eigenvalue weighted by atomic mass is 10.0. The molecule has 6 rings (SSSR count). The van der Waals surface area contributed by atoms with Crippen LogP contribution in [0.3, 0.4) is 0 Å². The molecule has 7 N–H and O–H groups in total. The summed E-state index contributed by atoms with van der Waals surface area (Å²) in [5, 5.41) is 73.2. The first-order valence-electron chi connectivity index (χ1n) is 16.5. The number of esters is 1. The summed E-state index contributed by atoms with van der Waals surface area (Å²) in [6, 6.07) is 15.9. The van der Waals surface area contributed by atoms with Gasteiger partial charge >= 0.3 is 5.97 Å². The molecule has 4 aromatic carbocycles. The van der Waals surface area contributed by atoms with Crippen LogP contribution in [0.25, 0.3) is 22.3 Å². The predicted molar refractivity (Wildman–Crippen MR) is 182 cm³/mol. The molecule has 0 bridgehead atoms. The van der Waals surface area contributed by atoms with Crippen molar-refractivity contribution in [1.82, 2.24) is 0 Å². The molecule has 1 aliphatic heterocycles. The van der Waals surface area contributed by atoms with Gasteiger partial charge in [-0.25, -0.2) is 8.78 Å². The van der Waals surface area contributed by atoms with Crippen molar-refractivity contribution in [2.24, 2.45) is 0 Å². The summed E-state index contributed by atoms with van der Waals surface area (Å²) in [4.78, 5) is 27.1. The maximum atomic E-state index is 14.0. The highest BCUT2D eigenvalue weighted by molar-refractivity contribution is 5.88. The lowest BCUT2D eigenvalue weighted by Gasteiger charge is -2.42. The Morgan fingerprint density at radius 2 is 1.44 bits per heavy atom. The van der Waals surface area contributed by atoms with E-state index in [1.807, 2.05) is 0 Å². The molecule has 54 heavy (non-hydrogen) atoms. The Balaban J connectivity index is 1.36. The van der Waals surface area contributed by atoms with Gasteiger partial charge in [-0.3, -0.25) is 9.59 Å². The molecule has 14 nitrogen and oxygen atoms in total. The highest BCUT2D eigenvalue weighted by Crippen LogP contribution is 2.40. The van der Waals surface area contributed by atoms with Crippen molar-refractivity contribution in [2.75, 3.05) is 0 Å². The third-order valence-electron chi connectivity index (χ3n) is 8.59. The minimum atomic E-state index is -2.14. The number of rotatable bonds is 12. The molecule has 0 radical (unpaired) electrons. The van der Waals surface area contributed by atoms with Crippen LogP contribution < -0.4 is 10.2 Å². The zero-order valence-electron chi connectivity index (χ0n) is 28.0. The fourth-order valence-corrected chi connectivity index (χ4v) is 5.83. The van der Waals surface area contributed by atoms with Gasteiger partial charge in [0.15, 0.2) is 42.0 Å². The number of aromatic hydroxyl groups is 4. The zero-order valence-corrected chi connectivity index (χ0v) is 28.0. The van der Waals surface area contributed by atoms with Gasteiger partial charge in [0, 0.05) is 30.5 Å². The number of aliphatic hydroxyl groups excluding tert-OH is 3. The van der Waals surface area contributed by atoms with Crippen molar-refractivity contribution in [3.63, 3.8) is 0 Å². The van der Waals surface area contributed by atoms with E-state index in [2.05, 4.69) is 0 Å². The van der Waals surface area contributed by atoms with E-state index < -0.39 is 100 Å². The third-order valence-corrected chi connectivity index (χ3v) is 8.59. The number of hydrogen-bond donors (Lipinski definition) is 7. The Labute approximate surface area is 304 Å². The van der Waals surface area contributed by atoms with Gasteiger partial charge in [-0.2, -0.15) is 0 Å². The number of fused-ring (bicyclic) bond motifs is 1. The number of carbonyl (C=O) groups excluding carboxylic acids is 1. The van der Waals surface area contributed by atoms with Crippen LogP contribution in [0.5, 0.6) is 28.7 Å². The Morgan fingerprint density at radius 3 is 2.09 bits per heavy atom. The average Bonchev–Trinajstić information content (AvgIpc) is 3.13. The lowest BCUT2D eigenvalue weighted by Crippen LogP contribution is -2.62. The number of ether oxygens (including phenoxy) is 4. The fraction of sp³-hybridized carbons (Fsp3) is 0.263. The number of aryl methyl sites for hydroxylation is 2. The Morgan fingerprint density at radius 1 is 0.796 bits per heavy atom. The number of carbonyl (C=O) groups is 1.